The number of benzene rings is 2. The predicted octanol–water partition coefficient (Wildman–Crippen LogP) is 3.21. The van der Waals surface area contributed by atoms with Crippen molar-refractivity contribution in [3.05, 3.63) is 78.3 Å². The monoisotopic (exact) mass is 448 g/mol. The van der Waals surface area contributed by atoms with Gasteiger partial charge in [-0.15, -0.1) is 0 Å². The molecule has 0 saturated carbocycles. The van der Waals surface area contributed by atoms with Crippen LogP contribution in [-0.2, 0) is 9.59 Å². The number of carbonyl (C=O) groups is 3. The smallest absolute Gasteiger partial charge is 0.268 e. The van der Waals surface area contributed by atoms with Crippen LogP contribution in [0.1, 0.15) is 29.5 Å². The summed E-state index contributed by atoms with van der Waals surface area (Å²) < 4.78 is 16.6. The lowest BCUT2D eigenvalue weighted by molar-refractivity contribution is -0.129. The minimum atomic E-state index is -0.696. The number of fused-ring (bicyclic) bond motifs is 1. The molecule has 8 heteroatoms. The Morgan fingerprint density at radius 3 is 2.64 bits per heavy atom. The Bertz CT molecular complexity index is 1130. The highest BCUT2D eigenvalue weighted by Gasteiger charge is 2.35. The topological polar surface area (TPSA) is 98.1 Å². The molecule has 1 aromatic heterocycles. The third-order valence-corrected chi connectivity index (χ3v) is 5.18. The Labute approximate surface area is 191 Å². The van der Waals surface area contributed by atoms with Gasteiger partial charge in [0, 0.05) is 5.56 Å². The molecule has 0 radical (unpaired) electrons. The molecular formula is C25H24N2O6. The SMILES string of the molecule is CCC1Oc2ccc(C(=O)c3ccco3)cc2N(CC(=O)NCCOc2ccccc2)C1=O. The fraction of sp³-hybridized carbons (Fsp3) is 0.240. The van der Waals surface area contributed by atoms with Crippen LogP contribution in [0.5, 0.6) is 11.5 Å². The predicted molar refractivity (Wildman–Crippen MR) is 121 cm³/mol. The van der Waals surface area contributed by atoms with Crippen molar-refractivity contribution in [2.24, 2.45) is 0 Å². The molecule has 1 N–H and O–H groups in total. The van der Waals surface area contributed by atoms with E-state index < -0.39 is 6.10 Å². The van der Waals surface area contributed by atoms with Crippen LogP contribution in [0.3, 0.4) is 0 Å². The first-order chi connectivity index (χ1) is 16.1. The van der Waals surface area contributed by atoms with Gasteiger partial charge in [-0.2, -0.15) is 0 Å². The lowest BCUT2D eigenvalue weighted by Crippen LogP contribution is -2.50. The summed E-state index contributed by atoms with van der Waals surface area (Å²) in [5, 5.41) is 2.76. The standard InChI is InChI=1S/C25H24N2O6/c1-2-20-25(30)27(16-23(28)26-12-14-31-18-7-4-3-5-8-18)19-15-17(10-11-21(19)33-20)24(29)22-9-6-13-32-22/h3-11,13,15,20H,2,12,14,16H2,1H3,(H,26,28). The van der Waals surface area contributed by atoms with Crippen LogP contribution in [0.15, 0.2) is 71.3 Å². The number of para-hydroxylation sites is 1. The van der Waals surface area contributed by atoms with Gasteiger partial charge in [0.05, 0.1) is 18.5 Å². The third kappa shape index (κ3) is 5.06. The van der Waals surface area contributed by atoms with Crippen LogP contribution in [0.4, 0.5) is 5.69 Å². The average molecular weight is 448 g/mol. The van der Waals surface area contributed by atoms with E-state index in [0.29, 0.717) is 35.8 Å². The maximum atomic E-state index is 13.0. The second-order valence-corrected chi connectivity index (χ2v) is 7.44. The number of ketones is 1. The molecule has 1 aliphatic heterocycles. The van der Waals surface area contributed by atoms with Crippen LogP contribution in [-0.4, -0.2) is 43.4 Å². The Morgan fingerprint density at radius 1 is 1.09 bits per heavy atom. The zero-order chi connectivity index (χ0) is 23.2. The first-order valence-corrected chi connectivity index (χ1v) is 10.7. The lowest BCUT2D eigenvalue weighted by atomic mass is 10.0. The number of furan rings is 1. The molecule has 0 fully saturated rings. The largest absolute Gasteiger partial charge is 0.492 e. The van der Waals surface area contributed by atoms with Crippen molar-refractivity contribution >= 4 is 23.3 Å². The van der Waals surface area contributed by atoms with Crippen molar-refractivity contribution in [2.45, 2.75) is 19.4 Å². The Morgan fingerprint density at radius 2 is 1.91 bits per heavy atom. The third-order valence-electron chi connectivity index (χ3n) is 5.18. The zero-order valence-corrected chi connectivity index (χ0v) is 18.2. The highest BCUT2D eigenvalue weighted by atomic mass is 16.5. The number of nitrogens with zero attached hydrogens (tertiary/aromatic N) is 1. The summed E-state index contributed by atoms with van der Waals surface area (Å²) in [6.07, 6.45) is 1.18. The molecule has 0 aliphatic carbocycles. The van der Waals surface area contributed by atoms with E-state index in [1.54, 1.807) is 30.3 Å². The van der Waals surface area contributed by atoms with Gasteiger partial charge in [0.25, 0.3) is 5.91 Å². The van der Waals surface area contributed by atoms with E-state index >= 15 is 0 Å². The van der Waals surface area contributed by atoms with Gasteiger partial charge in [0.1, 0.15) is 24.7 Å². The number of hydrogen-bond acceptors (Lipinski definition) is 6. The molecule has 0 bridgehead atoms. The van der Waals surface area contributed by atoms with Gasteiger partial charge in [-0.1, -0.05) is 25.1 Å². The molecule has 0 saturated heterocycles. The van der Waals surface area contributed by atoms with Crippen LogP contribution in [0, 0.1) is 0 Å². The van der Waals surface area contributed by atoms with Crippen LogP contribution < -0.4 is 19.7 Å². The van der Waals surface area contributed by atoms with Crippen molar-refractivity contribution in [3.8, 4) is 11.5 Å². The normalized spacial score (nSPS) is 14.9. The minimum absolute atomic E-state index is 0.187. The number of carbonyl (C=O) groups excluding carboxylic acids is 3. The number of ether oxygens (including phenoxy) is 2. The van der Waals surface area contributed by atoms with E-state index in [4.69, 9.17) is 13.9 Å². The summed E-state index contributed by atoms with van der Waals surface area (Å²) in [4.78, 5) is 39.6. The fourth-order valence-electron chi connectivity index (χ4n) is 3.51. The maximum absolute atomic E-state index is 13.0. The van der Waals surface area contributed by atoms with Crippen molar-refractivity contribution in [1.29, 1.82) is 0 Å². The molecule has 4 rings (SSSR count). The summed E-state index contributed by atoms with van der Waals surface area (Å²) in [6.45, 7) is 2.22. The minimum Gasteiger partial charge on any atom is -0.492 e. The summed E-state index contributed by atoms with van der Waals surface area (Å²) in [5.41, 5.74) is 0.703. The molecule has 2 aromatic carbocycles. The van der Waals surface area contributed by atoms with Crippen molar-refractivity contribution in [1.82, 2.24) is 5.32 Å². The molecular weight excluding hydrogens is 424 g/mol. The molecule has 2 amide bonds. The van der Waals surface area contributed by atoms with E-state index in [0.717, 1.165) is 0 Å². The Hall–Kier alpha value is -4.07. The van der Waals surface area contributed by atoms with Gasteiger partial charge < -0.3 is 19.2 Å². The molecule has 2 heterocycles. The van der Waals surface area contributed by atoms with Crippen LogP contribution >= 0.6 is 0 Å². The summed E-state index contributed by atoms with van der Waals surface area (Å²) >= 11 is 0. The maximum Gasteiger partial charge on any atom is 0.268 e. The molecule has 170 valence electrons. The van der Waals surface area contributed by atoms with Crippen LogP contribution in [0.25, 0.3) is 0 Å². The second-order valence-electron chi connectivity index (χ2n) is 7.44. The van der Waals surface area contributed by atoms with Gasteiger partial charge in [0.15, 0.2) is 11.9 Å². The summed E-state index contributed by atoms with van der Waals surface area (Å²) in [5.74, 6) is 0.345. The first-order valence-electron chi connectivity index (χ1n) is 10.7. The summed E-state index contributed by atoms with van der Waals surface area (Å²) in [6, 6.07) is 17.3. The van der Waals surface area contributed by atoms with Gasteiger partial charge in [-0.25, -0.2) is 0 Å². The van der Waals surface area contributed by atoms with Crippen molar-refractivity contribution < 1.29 is 28.3 Å². The number of nitrogens with one attached hydrogen (secondary N) is 1. The first kappa shape index (κ1) is 22.1. The molecule has 8 nitrogen and oxygen atoms in total. The number of hydrogen-bond donors (Lipinski definition) is 1. The van der Waals surface area contributed by atoms with E-state index in [1.165, 1.54) is 11.2 Å². The van der Waals surface area contributed by atoms with E-state index in [-0.39, 0.29) is 36.4 Å². The van der Waals surface area contributed by atoms with E-state index in [2.05, 4.69) is 5.32 Å². The molecule has 3 aromatic rings. The van der Waals surface area contributed by atoms with Gasteiger partial charge in [-0.3, -0.25) is 19.3 Å². The van der Waals surface area contributed by atoms with E-state index in [1.807, 2.05) is 37.3 Å². The van der Waals surface area contributed by atoms with E-state index in [9.17, 15) is 14.4 Å². The van der Waals surface area contributed by atoms with Gasteiger partial charge in [0.2, 0.25) is 11.7 Å². The van der Waals surface area contributed by atoms with Gasteiger partial charge in [-0.05, 0) is 48.9 Å². The zero-order valence-electron chi connectivity index (χ0n) is 18.2. The van der Waals surface area contributed by atoms with Crippen molar-refractivity contribution in [3.63, 3.8) is 0 Å². The molecule has 1 atom stereocenters. The molecule has 0 spiro atoms. The van der Waals surface area contributed by atoms with Crippen LogP contribution in [0.2, 0.25) is 0 Å². The second kappa shape index (κ2) is 10.0. The average Bonchev–Trinajstić information content (AvgIpc) is 3.38. The molecule has 1 aliphatic rings. The van der Waals surface area contributed by atoms with Gasteiger partial charge >= 0.3 is 0 Å². The number of rotatable bonds is 9. The Kier molecular flexibility index (Phi) is 6.73. The number of anilines is 1. The molecule has 33 heavy (non-hydrogen) atoms. The highest BCUT2D eigenvalue weighted by Crippen LogP contribution is 2.36. The summed E-state index contributed by atoms with van der Waals surface area (Å²) in [7, 11) is 0. The Balaban J connectivity index is 1.46. The quantitative estimate of drug-likeness (QED) is 0.399. The number of amides is 2. The molecule has 1 unspecified atom stereocenters. The fourth-order valence-corrected chi connectivity index (χ4v) is 3.51. The van der Waals surface area contributed by atoms with Crippen molar-refractivity contribution in [2.75, 3.05) is 24.6 Å². The highest BCUT2D eigenvalue weighted by molar-refractivity contribution is 6.10. The lowest BCUT2D eigenvalue weighted by Gasteiger charge is -2.34.